The molecule has 1 aliphatic carbocycles. The van der Waals surface area contributed by atoms with Crippen LogP contribution in [0.3, 0.4) is 0 Å². The highest BCUT2D eigenvalue weighted by Gasteiger charge is 2.34. The smallest absolute Gasteiger partial charge is 0.178 e. The average Bonchev–Trinajstić information content (AvgIpc) is 2.69. The van der Waals surface area contributed by atoms with E-state index in [1.165, 1.54) is 56.5 Å². The Bertz CT molecular complexity index is 688. The van der Waals surface area contributed by atoms with Gasteiger partial charge in [0.05, 0.1) is 13.2 Å². The second-order valence-electron chi connectivity index (χ2n) is 9.36. The van der Waals surface area contributed by atoms with Gasteiger partial charge in [-0.1, -0.05) is 44.2 Å². The SMILES string of the molecule is CC1(C)CC(N2CCOCC2)=CC(=[N+]2CCC(Cc3ccccc3)CC2)C1. The van der Waals surface area contributed by atoms with Crippen molar-refractivity contribution in [2.75, 3.05) is 39.4 Å². The molecule has 3 aliphatic rings. The Morgan fingerprint density at radius 2 is 1.74 bits per heavy atom. The molecule has 0 N–H and O–H groups in total. The molecular formula is C24H35N2O+. The largest absolute Gasteiger partial charge is 0.378 e. The van der Waals surface area contributed by atoms with Crippen LogP contribution in [-0.4, -0.2) is 54.6 Å². The number of hydrogen-bond donors (Lipinski definition) is 0. The van der Waals surface area contributed by atoms with Gasteiger partial charge in [0.1, 0.15) is 13.1 Å². The lowest BCUT2D eigenvalue weighted by molar-refractivity contribution is -0.541. The minimum Gasteiger partial charge on any atom is -0.378 e. The van der Waals surface area contributed by atoms with E-state index in [2.05, 4.69) is 59.7 Å². The number of nitrogens with zero attached hydrogens (tertiary/aromatic N) is 2. The molecule has 1 aromatic carbocycles. The van der Waals surface area contributed by atoms with Crippen molar-refractivity contribution in [3.8, 4) is 0 Å². The fourth-order valence-corrected chi connectivity index (χ4v) is 4.97. The molecule has 0 atom stereocenters. The van der Waals surface area contributed by atoms with Crippen molar-refractivity contribution in [2.45, 2.75) is 46.0 Å². The maximum Gasteiger partial charge on any atom is 0.178 e. The summed E-state index contributed by atoms with van der Waals surface area (Å²) in [5, 5.41) is 0. The van der Waals surface area contributed by atoms with Crippen molar-refractivity contribution >= 4 is 5.71 Å². The number of morpholine rings is 1. The summed E-state index contributed by atoms with van der Waals surface area (Å²) in [7, 11) is 0. The molecule has 27 heavy (non-hydrogen) atoms. The van der Waals surface area contributed by atoms with Gasteiger partial charge in [-0.15, -0.1) is 0 Å². The molecule has 0 aromatic heterocycles. The van der Waals surface area contributed by atoms with Crippen molar-refractivity contribution in [3.63, 3.8) is 0 Å². The molecule has 2 saturated heterocycles. The zero-order valence-electron chi connectivity index (χ0n) is 17.1. The number of ether oxygens (including phenoxy) is 1. The zero-order valence-corrected chi connectivity index (χ0v) is 17.1. The van der Waals surface area contributed by atoms with Crippen LogP contribution in [-0.2, 0) is 11.2 Å². The summed E-state index contributed by atoms with van der Waals surface area (Å²) in [4.78, 5) is 2.56. The Morgan fingerprint density at radius 1 is 1.04 bits per heavy atom. The van der Waals surface area contributed by atoms with Crippen LogP contribution in [0.2, 0.25) is 0 Å². The predicted octanol–water partition coefficient (Wildman–Crippen LogP) is 4.13. The van der Waals surface area contributed by atoms with Gasteiger partial charge in [-0.05, 0) is 29.7 Å². The van der Waals surface area contributed by atoms with Crippen LogP contribution < -0.4 is 0 Å². The summed E-state index contributed by atoms with van der Waals surface area (Å²) in [6.45, 7) is 11.1. The first-order valence-corrected chi connectivity index (χ1v) is 10.8. The summed E-state index contributed by atoms with van der Waals surface area (Å²) >= 11 is 0. The van der Waals surface area contributed by atoms with E-state index < -0.39 is 0 Å². The fraction of sp³-hybridized carbons (Fsp3) is 0.625. The third-order valence-corrected chi connectivity index (χ3v) is 6.46. The van der Waals surface area contributed by atoms with E-state index in [0.717, 1.165) is 32.2 Å². The van der Waals surface area contributed by atoms with Crippen LogP contribution in [0.4, 0.5) is 0 Å². The summed E-state index contributed by atoms with van der Waals surface area (Å²) in [5.74, 6) is 0.837. The minimum atomic E-state index is 0.360. The Kier molecular flexibility index (Phi) is 5.68. The van der Waals surface area contributed by atoms with Crippen LogP contribution in [0.15, 0.2) is 42.1 Å². The summed E-state index contributed by atoms with van der Waals surface area (Å²) < 4.78 is 8.24. The Morgan fingerprint density at radius 3 is 2.44 bits per heavy atom. The van der Waals surface area contributed by atoms with Crippen LogP contribution in [0, 0.1) is 11.3 Å². The molecule has 146 valence electrons. The van der Waals surface area contributed by atoms with E-state index in [9.17, 15) is 0 Å². The van der Waals surface area contributed by atoms with E-state index in [1.807, 2.05) is 0 Å². The topological polar surface area (TPSA) is 15.5 Å². The standard InChI is InChI=1S/C24H35N2O/c1-24(2)18-22(17-23(19-24)26-12-14-27-15-13-26)25-10-8-21(9-11-25)16-20-6-4-3-5-7-20/h3-7,17,21H,8-16,18-19H2,1-2H3/q+1. The molecule has 0 bridgehead atoms. The van der Waals surface area contributed by atoms with Gasteiger partial charge in [-0.25, -0.2) is 4.58 Å². The molecule has 3 heteroatoms. The molecule has 2 fully saturated rings. The van der Waals surface area contributed by atoms with Crippen LogP contribution >= 0.6 is 0 Å². The van der Waals surface area contributed by atoms with Crippen LogP contribution in [0.1, 0.15) is 45.1 Å². The molecule has 1 aromatic rings. The highest BCUT2D eigenvalue weighted by Crippen LogP contribution is 2.36. The Hall–Kier alpha value is -1.61. The number of rotatable bonds is 3. The second kappa shape index (κ2) is 8.18. The molecule has 2 heterocycles. The molecule has 0 saturated carbocycles. The van der Waals surface area contributed by atoms with Crippen molar-refractivity contribution in [2.24, 2.45) is 11.3 Å². The molecule has 0 radical (unpaired) electrons. The van der Waals surface area contributed by atoms with E-state index in [-0.39, 0.29) is 0 Å². The second-order valence-corrected chi connectivity index (χ2v) is 9.36. The van der Waals surface area contributed by atoms with E-state index in [1.54, 1.807) is 5.71 Å². The molecule has 4 rings (SSSR count). The molecule has 3 nitrogen and oxygen atoms in total. The zero-order chi connectivity index (χ0) is 18.7. The van der Waals surface area contributed by atoms with Crippen molar-refractivity contribution in [1.29, 1.82) is 0 Å². The molecule has 0 amide bonds. The molecule has 2 aliphatic heterocycles. The highest BCUT2D eigenvalue weighted by atomic mass is 16.5. The first kappa shape index (κ1) is 18.7. The normalized spacial score (nSPS) is 26.1. The van der Waals surface area contributed by atoms with Gasteiger partial charge in [0.25, 0.3) is 0 Å². The molecule has 0 unspecified atom stereocenters. The quantitative estimate of drug-likeness (QED) is 0.747. The lowest BCUT2D eigenvalue weighted by Gasteiger charge is -2.38. The lowest BCUT2D eigenvalue weighted by Crippen LogP contribution is -2.41. The average molecular weight is 368 g/mol. The van der Waals surface area contributed by atoms with Crippen LogP contribution in [0.25, 0.3) is 0 Å². The monoisotopic (exact) mass is 367 g/mol. The first-order chi connectivity index (χ1) is 13.1. The van der Waals surface area contributed by atoms with Gasteiger partial charge in [0, 0.05) is 44.1 Å². The summed E-state index contributed by atoms with van der Waals surface area (Å²) in [5.41, 5.74) is 4.97. The van der Waals surface area contributed by atoms with Crippen molar-refractivity contribution < 1.29 is 9.31 Å². The lowest BCUT2D eigenvalue weighted by atomic mass is 9.77. The molecule has 0 spiro atoms. The van der Waals surface area contributed by atoms with Gasteiger partial charge in [-0.3, -0.25) is 0 Å². The molecular weight excluding hydrogens is 332 g/mol. The van der Waals surface area contributed by atoms with E-state index in [0.29, 0.717) is 5.41 Å². The summed E-state index contributed by atoms with van der Waals surface area (Å²) in [6.07, 6.45) is 8.81. The van der Waals surface area contributed by atoms with Crippen LogP contribution in [0.5, 0.6) is 0 Å². The highest BCUT2D eigenvalue weighted by molar-refractivity contribution is 5.92. The number of piperidine rings is 1. The third-order valence-electron chi connectivity index (χ3n) is 6.46. The van der Waals surface area contributed by atoms with Crippen molar-refractivity contribution in [3.05, 3.63) is 47.7 Å². The Balaban J connectivity index is 1.45. The van der Waals surface area contributed by atoms with Gasteiger partial charge in [0.15, 0.2) is 5.71 Å². The predicted molar refractivity (Wildman–Crippen MR) is 111 cm³/mol. The van der Waals surface area contributed by atoms with Gasteiger partial charge in [-0.2, -0.15) is 0 Å². The fourth-order valence-electron chi connectivity index (χ4n) is 4.97. The number of benzene rings is 1. The van der Waals surface area contributed by atoms with Crippen molar-refractivity contribution in [1.82, 2.24) is 4.90 Å². The summed E-state index contributed by atoms with van der Waals surface area (Å²) in [6, 6.07) is 11.0. The maximum atomic E-state index is 5.56. The van der Waals surface area contributed by atoms with Gasteiger partial charge >= 0.3 is 0 Å². The number of allylic oxidation sites excluding steroid dienone is 2. The number of hydrogen-bond acceptors (Lipinski definition) is 2. The Labute approximate surface area is 164 Å². The third kappa shape index (κ3) is 4.82. The minimum absolute atomic E-state index is 0.360. The van der Waals surface area contributed by atoms with E-state index in [4.69, 9.17) is 4.74 Å². The first-order valence-electron chi connectivity index (χ1n) is 10.8. The van der Waals surface area contributed by atoms with E-state index >= 15 is 0 Å². The maximum absolute atomic E-state index is 5.56. The van der Waals surface area contributed by atoms with Gasteiger partial charge < -0.3 is 9.64 Å². The van der Waals surface area contributed by atoms with Gasteiger partial charge in [0.2, 0.25) is 0 Å².